The molecule has 96 valence electrons. The second kappa shape index (κ2) is 5.27. The highest BCUT2D eigenvalue weighted by Crippen LogP contribution is 2.27. The van der Waals surface area contributed by atoms with E-state index in [9.17, 15) is 0 Å². The Morgan fingerprint density at radius 1 is 1.29 bits per heavy atom. The molecule has 0 saturated heterocycles. The normalized spacial score (nSPS) is 11.6. The van der Waals surface area contributed by atoms with Crippen molar-refractivity contribution in [1.82, 2.24) is 4.90 Å². The molecule has 0 aliphatic rings. The Balaban J connectivity index is 2.70. The molecule has 0 amide bonds. The van der Waals surface area contributed by atoms with E-state index >= 15 is 0 Å². The number of nitrogen functional groups attached to an aromatic ring is 1. The van der Waals surface area contributed by atoms with E-state index in [1.165, 1.54) is 0 Å². The molecule has 0 fully saturated rings. The van der Waals surface area contributed by atoms with E-state index in [4.69, 9.17) is 15.2 Å². The van der Waals surface area contributed by atoms with Crippen molar-refractivity contribution in [2.45, 2.75) is 19.4 Å². The molecule has 1 rings (SSSR count). The summed E-state index contributed by atoms with van der Waals surface area (Å²) in [6, 6.07) is 5.45. The third kappa shape index (κ3) is 3.53. The lowest BCUT2D eigenvalue weighted by molar-refractivity contribution is 0.114. The van der Waals surface area contributed by atoms with Crippen LogP contribution in [0.5, 0.6) is 11.5 Å². The lowest BCUT2D eigenvalue weighted by atomic mass is 10.1. The van der Waals surface area contributed by atoms with E-state index < -0.39 is 0 Å². The highest BCUT2D eigenvalue weighted by molar-refractivity contribution is 5.55. The summed E-state index contributed by atoms with van der Waals surface area (Å²) in [5.41, 5.74) is 6.34. The molecule has 2 N–H and O–H groups in total. The largest absolute Gasteiger partial charge is 0.494 e. The molecule has 0 bridgehead atoms. The van der Waals surface area contributed by atoms with Gasteiger partial charge in [0.15, 0.2) is 0 Å². The van der Waals surface area contributed by atoms with Crippen molar-refractivity contribution in [3.8, 4) is 11.5 Å². The van der Waals surface area contributed by atoms with Crippen LogP contribution < -0.4 is 15.2 Å². The number of hydrogen-bond acceptors (Lipinski definition) is 4. The van der Waals surface area contributed by atoms with Gasteiger partial charge < -0.3 is 20.1 Å². The number of rotatable bonds is 5. The molecule has 0 aliphatic heterocycles. The van der Waals surface area contributed by atoms with Crippen LogP contribution in [0, 0.1) is 0 Å². The highest BCUT2D eigenvalue weighted by Gasteiger charge is 2.21. The molecule has 0 aromatic heterocycles. The fraction of sp³-hybridized carbons (Fsp3) is 0.538. The maximum Gasteiger partial charge on any atom is 0.145 e. The monoisotopic (exact) mass is 238 g/mol. The van der Waals surface area contributed by atoms with Gasteiger partial charge in [-0.15, -0.1) is 0 Å². The van der Waals surface area contributed by atoms with Gasteiger partial charge in [0, 0.05) is 11.6 Å². The Kier molecular flexibility index (Phi) is 4.23. The summed E-state index contributed by atoms with van der Waals surface area (Å²) in [6.07, 6.45) is 0. The predicted octanol–water partition coefficient (Wildman–Crippen LogP) is 2.00. The third-order valence-corrected chi connectivity index (χ3v) is 3.01. The molecule has 0 aliphatic carbocycles. The van der Waals surface area contributed by atoms with Crippen molar-refractivity contribution in [1.29, 1.82) is 0 Å². The van der Waals surface area contributed by atoms with Gasteiger partial charge >= 0.3 is 0 Å². The number of nitrogens with two attached hydrogens (primary N) is 1. The summed E-state index contributed by atoms with van der Waals surface area (Å²) in [5.74, 6) is 1.41. The molecule has 0 radical (unpaired) electrons. The van der Waals surface area contributed by atoms with Crippen molar-refractivity contribution in [3.63, 3.8) is 0 Å². The Labute approximate surface area is 103 Å². The molecular weight excluding hydrogens is 216 g/mol. The van der Waals surface area contributed by atoms with E-state index in [-0.39, 0.29) is 5.54 Å². The first-order chi connectivity index (χ1) is 7.86. The zero-order valence-electron chi connectivity index (χ0n) is 11.3. The van der Waals surface area contributed by atoms with Gasteiger partial charge in [0.05, 0.1) is 12.8 Å². The lowest BCUT2D eigenvalue weighted by Crippen LogP contribution is -2.43. The molecule has 0 unspecified atom stereocenters. The maximum atomic E-state index is 5.75. The van der Waals surface area contributed by atoms with E-state index in [1.807, 2.05) is 20.2 Å². The van der Waals surface area contributed by atoms with Gasteiger partial charge in [-0.05, 0) is 40.1 Å². The first-order valence-corrected chi connectivity index (χ1v) is 5.60. The van der Waals surface area contributed by atoms with E-state index in [0.717, 1.165) is 5.75 Å². The minimum Gasteiger partial charge on any atom is -0.494 e. The predicted molar refractivity (Wildman–Crippen MR) is 70.7 cm³/mol. The van der Waals surface area contributed by atoms with Crippen LogP contribution in [-0.4, -0.2) is 38.3 Å². The molecule has 1 aromatic rings. The van der Waals surface area contributed by atoms with Crippen molar-refractivity contribution in [2.75, 3.05) is 33.5 Å². The molecule has 0 spiro atoms. The highest BCUT2D eigenvalue weighted by atomic mass is 16.5. The van der Waals surface area contributed by atoms with Crippen LogP contribution in [-0.2, 0) is 0 Å². The fourth-order valence-corrected chi connectivity index (χ4v) is 1.17. The third-order valence-electron chi connectivity index (χ3n) is 3.01. The summed E-state index contributed by atoms with van der Waals surface area (Å²) >= 11 is 0. The van der Waals surface area contributed by atoms with Crippen LogP contribution in [0.2, 0.25) is 0 Å². The van der Waals surface area contributed by atoms with Gasteiger partial charge in [0.25, 0.3) is 0 Å². The molecule has 0 atom stereocenters. The van der Waals surface area contributed by atoms with Gasteiger partial charge in [-0.1, -0.05) is 0 Å². The maximum absolute atomic E-state index is 5.75. The quantitative estimate of drug-likeness (QED) is 0.797. The Morgan fingerprint density at radius 2 is 1.94 bits per heavy atom. The SMILES string of the molecule is COc1cc(OCC(C)(C)N(C)C)ccc1N. The van der Waals surface area contributed by atoms with Crippen LogP contribution >= 0.6 is 0 Å². The number of anilines is 1. The second-order valence-corrected chi connectivity index (χ2v) is 4.90. The molecule has 17 heavy (non-hydrogen) atoms. The number of nitrogens with zero attached hydrogens (tertiary/aromatic N) is 1. The van der Waals surface area contributed by atoms with Crippen LogP contribution in [0.3, 0.4) is 0 Å². The van der Waals surface area contributed by atoms with Crippen LogP contribution in [0.1, 0.15) is 13.8 Å². The van der Waals surface area contributed by atoms with E-state index in [0.29, 0.717) is 18.0 Å². The number of methoxy groups -OCH3 is 1. The van der Waals surface area contributed by atoms with Crippen molar-refractivity contribution in [3.05, 3.63) is 18.2 Å². The van der Waals surface area contributed by atoms with Crippen LogP contribution in [0.25, 0.3) is 0 Å². The van der Waals surface area contributed by atoms with Gasteiger partial charge in [-0.3, -0.25) is 0 Å². The minimum atomic E-state index is -0.0192. The fourth-order valence-electron chi connectivity index (χ4n) is 1.17. The summed E-state index contributed by atoms with van der Waals surface area (Å²) in [7, 11) is 5.67. The van der Waals surface area contributed by atoms with Gasteiger partial charge in [0.2, 0.25) is 0 Å². The number of likely N-dealkylation sites (N-methyl/N-ethyl adjacent to an activating group) is 1. The number of benzene rings is 1. The topological polar surface area (TPSA) is 47.7 Å². The number of hydrogen-bond donors (Lipinski definition) is 1. The van der Waals surface area contributed by atoms with Gasteiger partial charge in [0.1, 0.15) is 18.1 Å². The standard InChI is InChI=1S/C13H22N2O2/c1-13(2,15(3)4)9-17-10-6-7-11(14)12(8-10)16-5/h6-8H,9,14H2,1-5H3. The molecular formula is C13H22N2O2. The minimum absolute atomic E-state index is 0.0192. The Hall–Kier alpha value is -1.42. The van der Waals surface area contributed by atoms with Crippen LogP contribution in [0.15, 0.2) is 18.2 Å². The first kappa shape index (κ1) is 13.6. The van der Waals surface area contributed by atoms with Gasteiger partial charge in [-0.2, -0.15) is 0 Å². The molecule has 4 heteroatoms. The molecule has 1 aromatic carbocycles. The first-order valence-electron chi connectivity index (χ1n) is 5.60. The molecule has 0 saturated carbocycles. The summed E-state index contributed by atoms with van der Waals surface area (Å²) in [6.45, 7) is 4.86. The average molecular weight is 238 g/mol. The zero-order valence-corrected chi connectivity index (χ0v) is 11.3. The lowest BCUT2D eigenvalue weighted by Gasteiger charge is -2.32. The van der Waals surface area contributed by atoms with E-state index in [1.54, 1.807) is 19.2 Å². The van der Waals surface area contributed by atoms with E-state index in [2.05, 4.69) is 18.7 Å². The summed E-state index contributed by atoms with van der Waals surface area (Å²) < 4.78 is 10.9. The summed E-state index contributed by atoms with van der Waals surface area (Å²) in [4.78, 5) is 2.13. The van der Waals surface area contributed by atoms with Crippen molar-refractivity contribution >= 4 is 5.69 Å². The van der Waals surface area contributed by atoms with Crippen molar-refractivity contribution in [2.24, 2.45) is 0 Å². The van der Waals surface area contributed by atoms with Crippen LogP contribution in [0.4, 0.5) is 5.69 Å². The van der Waals surface area contributed by atoms with Crippen molar-refractivity contribution < 1.29 is 9.47 Å². The average Bonchev–Trinajstić information content (AvgIpc) is 2.28. The molecule has 0 heterocycles. The summed E-state index contributed by atoms with van der Waals surface area (Å²) in [5, 5.41) is 0. The Bertz CT molecular complexity index is 376. The Morgan fingerprint density at radius 3 is 2.47 bits per heavy atom. The second-order valence-electron chi connectivity index (χ2n) is 4.90. The smallest absolute Gasteiger partial charge is 0.145 e. The number of ether oxygens (including phenoxy) is 2. The molecule has 4 nitrogen and oxygen atoms in total. The van der Waals surface area contributed by atoms with Gasteiger partial charge in [-0.25, -0.2) is 0 Å². The zero-order chi connectivity index (χ0) is 13.1.